The predicted molar refractivity (Wildman–Crippen MR) is 125 cm³/mol. The Kier molecular flexibility index (Phi) is 3.68. The van der Waals surface area contributed by atoms with E-state index in [0.717, 1.165) is 32.4 Å². The van der Waals surface area contributed by atoms with Crippen molar-refractivity contribution in [3.8, 4) is 11.4 Å². The lowest BCUT2D eigenvalue weighted by Crippen LogP contribution is -2.37. The minimum atomic E-state index is -0.480. The van der Waals surface area contributed by atoms with E-state index in [1.165, 1.54) is 11.6 Å². The molecule has 5 aromatic rings. The number of rotatable bonds is 1. The fourth-order valence-electron chi connectivity index (χ4n) is 4.91. The minimum Gasteiger partial charge on any atom is -0.508 e. The lowest BCUT2D eigenvalue weighted by molar-refractivity contribution is 0.467. The molecule has 7 heteroatoms. The van der Waals surface area contributed by atoms with Crippen LogP contribution in [-0.4, -0.2) is 18.8 Å². The smallest absolute Gasteiger partial charge is 0.331 e. The standard InChI is InChI=1S/C25H20N4O3/c1-27-22-16(24(31)28(2)25(27)32)13-29-18-10-6-5-9-17(18)26-21(23(22)29)20-15-8-4-3-7-14(15)11-12-19(20)30/h3-13,21,26,30H,1-2H3/t21-/m1/s1. The molecule has 1 aliphatic rings. The Morgan fingerprint density at radius 2 is 1.62 bits per heavy atom. The molecule has 2 N–H and O–H groups in total. The molecule has 7 nitrogen and oxygen atoms in total. The van der Waals surface area contributed by atoms with Crippen molar-refractivity contribution in [2.45, 2.75) is 6.04 Å². The molecule has 6 rings (SSSR count). The molecule has 158 valence electrons. The molecule has 0 spiro atoms. The molecule has 0 saturated carbocycles. The molecule has 0 fully saturated rings. The number of aromatic hydroxyl groups is 1. The maximum Gasteiger partial charge on any atom is 0.331 e. The molecule has 0 aliphatic carbocycles. The van der Waals surface area contributed by atoms with Crippen molar-refractivity contribution < 1.29 is 5.11 Å². The zero-order valence-electron chi connectivity index (χ0n) is 17.5. The minimum absolute atomic E-state index is 0.148. The van der Waals surface area contributed by atoms with Crippen molar-refractivity contribution in [2.75, 3.05) is 5.32 Å². The highest BCUT2D eigenvalue weighted by atomic mass is 16.3. The topological polar surface area (TPSA) is 81.2 Å². The summed E-state index contributed by atoms with van der Waals surface area (Å²) in [6.07, 6.45) is 1.79. The molecule has 0 amide bonds. The number of phenolic OH excluding ortho intramolecular Hbond substituents is 1. The van der Waals surface area contributed by atoms with E-state index in [4.69, 9.17) is 0 Å². The number of nitrogens with one attached hydrogen (secondary N) is 1. The number of fused-ring (bicyclic) bond motifs is 6. The highest BCUT2D eigenvalue weighted by Gasteiger charge is 2.33. The van der Waals surface area contributed by atoms with Crippen molar-refractivity contribution in [2.24, 2.45) is 14.1 Å². The van der Waals surface area contributed by atoms with E-state index < -0.39 is 11.7 Å². The molecule has 2 aromatic heterocycles. The number of nitrogens with zero attached hydrogens (tertiary/aromatic N) is 3. The Morgan fingerprint density at radius 1 is 0.875 bits per heavy atom. The SMILES string of the molecule is Cn1c(=O)c2cn3c(c2n(C)c1=O)[C@@H](c1c(O)ccc2ccccc12)Nc1ccccc1-3. The van der Waals surface area contributed by atoms with Gasteiger partial charge in [-0.05, 0) is 29.0 Å². The van der Waals surface area contributed by atoms with Gasteiger partial charge in [-0.15, -0.1) is 0 Å². The van der Waals surface area contributed by atoms with Gasteiger partial charge in [-0.3, -0.25) is 13.9 Å². The molecule has 0 radical (unpaired) electrons. The number of aryl methyl sites for hydroxylation is 1. The molecule has 0 saturated heterocycles. The Bertz CT molecular complexity index is 1690. The van der Waals surface area contributed by atoms with Crippen LogP contribution in [0.15, 0.2) is 76.4 Å². The summed E-state index contributed by atoms with van der Waals surface area (Å²) in [6.45, 7) is 0. The Morgan fingerprint density at radius 3 is 2.47 bits per heavy atom. The Hall–Kier alpha value is -4.26. The van der Waals surface area contributed by atoms with Gasteiger partial charge >= 0.3 is 5.69 Å². The molecule has 3 heterocycles. The summed E-state index contributed by atoms with van der Waals surface area (Å²) in [7, 11) is 3.16. The number of para-hydroxylation sites is 2. The van der Waals surface area contributed by atoms with E-state index in [1.54, 1.807) is 19.3 Å². The van der Waals surface area contributed by atoms with Gasteiger partial charge in [0.2, 0.25) is 0 Å². The van der Waals surface area contributed by atoms with Gasteiger partial charge in [0, 0.05) is 25.9 Å². The fraction of sp³-hybridized carbons (Fsp3) is 0.120. The third-order valence-corrected chi connectivity index (χ3v) is 6.43. The molecular weight excluding hydrogens is 404 g/mol. The molecule has 0 unspecified atom stereocenters. The van der Waals surface area contributed by atoms with Crippen LogP contribution in [-0.2, 0) is 14.1 Å². The average Bonchev–Trinajstić information content (AvgIpc) is 3.22. The number of phenols is 1. The second-order valence-electron chi connectivity index (χ2n) is 8.17. The quantitative estimate of drug-likeness (QED) is 0.432. The highest BCUT2D eigenvalue weighted by Crippen LogP contribution is 2.44. The zero-order chi connectivity index (χ0) is 22.1. The van der Waals surface area contributed by atoms with Crippen molar-refractivity contribution in [3.05, 3.63) is 99.0 Å². The second kappa shape index (κ2) is 6.37. The molecule has 0 bridgehead atoms. The van der Waals surface area contributed by atoms with Gasteiger partial charge < -0.3 is 15.0 Å². The third kappa shape index (κ3) is 2.30. The highest BCUT2D eigenvalue weighted by molar-refractivity contribution is 5.92. The van der Waals surface area contributed by atoms with Gasteiger partial charge in [0.05, 0.1) is 34.0 Å². The summed E-state index contributed by atoms with van der Waals surface area (Å²) in [5, 5.41) is 16.9. The van der Waals surface area contributed by atoms with Crippen LogP contribution in [0.2, 0.25) is 0 Å². The monoisotopic (exact) mass is 424 g/mol. The van der Waals surface area contributed by atoms with E-state index in [0.29, 0.717) is 16.5 Å². The van der Waals surface area contributed by atoms with Crippen LogP contribution in [0.25, 0.3) is 27.4 Å². The van der Waals surface area contributed by atoms with Crippen molar-refractivity contribution in [1.29, 1.82) is 0 Å². The molecule has 1 atom stereocenters. The Balaban J connectivity index is 1.80. The van der Waals surface area contributed by atoms with Crippen LogP contribution in [0.1, 0.15) is 17.3 Å². The van der Waals surface area contributed by atoms with Gasteiger partial charge in [-0.25, -0.2) is 4.79 Å². The largest absolute Gasteiger partial charge is 0.508 e. The normalized spacial score (nSPS) is 14.9. The van der Waals surface area contributed by atoms with Crippen LogP contribution in [0, 0.1) is 0 Å². The van der Waals surface area contributed by atoms with Crippen molar-refractivity contribution >= 4 is 27.4 Å². The van der Waals surface area contributed by atoms with Crippen LogP contribution >= 0.6 is 0 Å². The average molecular weight is 424 g/mol. The summed E-state index contributed by atoms with van der Waals surface area (Å²) in [6, 6.07) is 18.8. The first kappa shape index (κ1) is 18.5. The van der Waals surface area contributed by atoms with Gasteiger partial charge in [0.1, 0.15) is 5.75 Å². The number of benzene rings is 3. The van der Waals surface area contributed by atoms with Crippen LogP contribution in [0.4, 0.5) is 5.69 Å². The predicted octanol–water partition coefficient (Wildman–Crippen LogP) is 3.40. The number of hydrogen-bond donors (Lipinski definition) is 2. The summed E-state index contributed by atoms with van der Waals surface area (Å²) in [5.74, 6) is 0.148. The molecule has 3 aromatic carbocycles. The van der Waals surface area contributed by atoms with E-state index in [9.17, 15) is 14.7 Å². The zero-order valence-corrected chi connectivity index (χ0v) is 17.5. The summed E-state index contributed by atoms with van der Waals surface area (Å²) in [5.41, 5.74) is 3.01. The van der Waals surface area contributed by atoms with E-state index in [1.807, 2.05) is 59.2 Å². The maximum absolute atomic E-state index is 13.0. The van der Waals surface area contributed by atoms with Crippen LogP contribution in [0.3, 0.4) is 0 Å². The summed E-state index contributed by atoms with van der Waals surface area (Å²) < 4.78 is 4.59. The number of aromatic nitrogens is 3. The summed E-state index contributed by atoms with van der Waals surface area (Å²) in [4.78, 5) is 25.8. The molecule has 1 aliphatic heterocycles. The van der Waals surface area contributed by atoms with E-state index >= 15 is 0 Å². The lowest BCUT2D eigenvalue weighted by Gasteiger charge is -2.31. The number of anilines is 1. The van der Waals surface area contributed by atoms with Crippen LogP contribution in [0.5, 0.6) is 5.75 Å². The fourth-order valence-corrected chi connectivity index (χ4v) is 4.91. The van der Waals surface area contributed by atoms with Gasteiger partial charge in [0.15, 0.2) is 0 Å². The lowest BCUT2D eigenvalue weighted by atomic mass is 9.93. The first-order chi connectivity index (χ1) is 15.5. The molecule has 32 heavy (non-hydrogen) atoms. The Labute approximate surface area is 182 Å². The number of hydrogen-bond acceptors (Lipinski definition) is 4. The van der Waals surface area contributed by atoms with Crippen LogP contribution < -0.4 is 16.6 Å². The van der Waals surface area contributed by atoms with Gasteiger partial charge in [0.25, 0.3) is 5.56 Å². The first-order valence-electron chi connectivity index (χ1n) is 10.3. The molecular formula is C25H20N4O3. The van der Waals surface area contributed by atoms with Crippen molar-refractivity contribution in [1.82, 2.24) is 13.7 Å². The first-order valence-corrected chi connectivity index (χ1v) is 10.3. The van der Waals surface area contributed by atoms with Crippen molar-refractivity contribution in [3.63, 3.8) is 0 Å². The third-order valence-electron chi connectivity index (χ3n) is 6.43. The van der Waals surface area contributed by atoms with E-state index in [-0.39, 0.29) is 11.3 Å². The van der Waals surface area contributed by atoms with Gasteiger partial charge in [-0.1, -0.05) is 42.5 Å². The second-order valence-corrected chi connectivity index (χ2v) is 8.17. The van der Waals surface area contributed by atoms with E-state index in [2.05, 4.69) is 5.32 Å². The van der Waals surface area contributed by atoms with Gasteiger partial charge in [-0.2, -0.15) is 0 Å². The summed E-state index contributed by atoms with van der Waals surface area (Å²) >= 11 is 0. The maximum atomic E-state index is 13.0.